The molecule has 13 heavy (non-hydrogen) atoms. The molecule has 0 saturated heterocycles. The van der Waals surface area contributed by atoms with Crippen LogP contribution in [0.1, 0.15) is 0 Å². The Morgan fingerprint density at radius 2 is 1.92 bits per heavy atom. The van der Waals surface area contributed by atoms with Crippen molar-refractivity contribution in [1.29, 1.82) is 0 Å². The van der Waals surface area contributed by atoms with Crippen LogP contribution >= 0.6 is 0 Å². The molecule has 2 N–H and O–H groups in total. The van der Waals surface area contributed by atoms with Crippen molar-refractivity contribution in [3.05, 3.63) is 10.1 Å². The van der Waals surface area contributed by atoms with Crippen molar-refractivity contribution in [2.75, 3.05) is 25.4 Å². The van der Waals surface area contributed by atoms with E-state index in [2.05, 4.69) is 5.32 Å². The van der Waals surface area contributed by atoms with Crippen molar-refractivity contribution in [1.82, 2.24) is 5.32 Å². The zero-order chi connectivity index (χ0) is 9.61. The molecule has 0 aromatic carbocycles. The van der Waals surface area contributed by atoms with E-state index in [4.69, 9.17) is 4.55 Å². The van der Waals surface area contributed by atoms with Crippen LogP contribution in [0.2, 0.25) is 0 Å². The van der Waals surface area contributed by atoms with Gasteiger partial charge in [-0.2, -0.15) is 8.42 Å². The standard InChI is InChI=1S/C4H10N2O5S.Na/c7-6(8)3-1-5-2-4-12(9,10)11;/h5H,1-4H2,(H,9,10,11);. The van der Waals surface area contributed by atoms with E-state index in [1.54, 1.807) is 0 Å². The van der Waals surface area contributed by atoms with Gasteiger partial charge in [0, 0.05) is 41.0 Å². The Morgan fingerprint density at radius 3 is 2.31 bits per heavy atom. The van der Waals surface area contributed by atoms with Crippen LogP contribution in [-0.2, 0) is 10.1 Å². The summed E-state index contributed by atoms with van der Waals surface area (Å²) in [7, 11) is -3.96. The van der Waals surface area contributed by atoms with E-state index in [1.807, 2.05) is 0 Å². The summed E-state index contributed by atoms with van der Waals surface area (Å²) in [6.45, 7) is -0.138. The third kappa shape index (κ3) is 15.1. The molecule has 0 atom stereocenters. The second-order valence-corrected chi connectivity index (χ2v) is 3.66. The van der Waals surface area contributed by atoms with Crippen LogP contribution in [0.3, 0.4) is 0 Å². The second kappa shape index (κ2) is 7.65. The monoisotopic (exact) mass is 221 g/mol. The fraction of sp³-hybridized carbons (Fsp3) is 1.00. The van der Waals surface area contributed by atoms with Gasteiger partial charge in [-0.25, -0.2) is 0 Å². The summed E-state index contributed by atoms with van der Waals surface area (Å²) in [5, 5.41) is 12.2. The number of hydrogen-bond acceptors (Lipinski definition) is 5. The van der Waals surface area contributed by atoms with Crippen molar-refractivity contribution in [2.24, 2.45) is 0 Å². The Hall–Kier alpha value is 0.270. The van der Waals surface area contributed by atoms with Gasteiger partial charge in [-0.15, -0.1) is 0 Å². The number of nitrogens with zero attached hydrogens (tertiary/aromatic N) is 1. The Morgan fingerprint density at radius 1 is 1.38 bits per heavy atom. The minimum Gasteiger partial charge on any atom is -0.310 e. The molecule has 1 radical (unpaired) electrons. The Kier molecular flexibility index (Phi) is 9.26. The van der Waals surface area contributed by atoms with E-state index in [9.17, 15) is 18.5 Å². The van der Waals surface area contributed by atoms with Gasteiger partial charge >= 0.3 is 0 Å². The summed E-state index contributed by atoms with van der Waals surface area (Å²) in [6, 6.07) is 0. The number of hydrogen-bond donors (Lipinski definition) is 2. The summed E-state index contributed by atoms with van der Waals surface area (Å²) in [5.41, 5.74) is 0. The average Bonchev–Trinajstić information content (AvgIpc) is 1.83. The topological polar surface area (TPSA) is 110 Å². The third-order valence-corrected chi connectivity index (χ3v) is 1.73. The summed E-state index contributed by atoms with van der Waals surface area (Å²) < 4.78 is 28.4. The number of rotatable bonds is 6. The van der Waals surface area contributed by atoms with Gasteiger partial charge in [-0.3, -0.25) is 14.7 Å². The van der Waals surface area contributed by atoms with Gasteiger partial charge in [0.25, 0.3) is 10.1 Å². The van der Waals surface area contributed by atoms with Crippen LogP contribution < -0.4 is 5.32 Å². The molecule has 0 heterocycles. The van der Waals surface area contributed by atoms with Gasteiger partial charge in [-0.05, 0) is 0 Å². The molecule has 9 heteroatoms. The molecule has 0 fully saturated rings. The van der Waals surface area contributed by atoms with Crippen LogP contribution in [0.15, 0.2) is 0 Å². The first-order valence-corrected chi connectivity index (χ1v) is 4.80. The van der Waals surface area contributed by atoms with Crippen LogP contribution in [0, 0.1) is 10.1 Å². The Bertz CT molecular complexity index is 241. The Labute approximate surface area is 98.1 Å². The minimum atomic E-state index is -3.96. The second-order valence-electron chi connectivity index (χ2n) is 2.09. The molecule has 0 bridgehead atoms. The number of nitrogens with one attached hydrogen (secondary N) is 1. The first kappa shape index (κ1) is 15.7. The van der Waals surface area contributed by atoms with Crippen molar-refractivity contribution in [2.45, 2.75) is 0 Å². The van der Waals surface area contributed by atoms with E-state index in [-0.39, 0.29) is 49.2 Å². The van der Waals surface area contributed by atoms with Crippen molar-refractivity contribution in [3.63, 3.8) is 0 Å². The van der Waals surface area contributed by atoms with Gasteiger partial charge in [0.2, 0.25) is 6.54 Å². The molecule has 0 saturated carbocycles. The molecule has 0 aliphatic heterocycles. The normalized spacial score (nSPS) is 10.5. The molecule has 0 aromatic heterocycles. The molecule has 0 unspecified atom stereocenters. The average molecular weight is 221 g/mol. The molecule has 0 rings (SSSR count). The van der Waals surface area contributed by atoms with E-state index < -0.39 is 20.8 Å². The maximum absolute atomic E-state index is 10.1. The van der Waals surface area contributed by atoms with Gasteiger partial charge < -0.3 is 5.32 Å². The van der Waals surface area contributed by atoms with Gasteiger partial charge in [0.05, 0.1) is 12.3 Å². The van der Waals surface area contributed by atoms with Gasteiger partial charge in [0.15, 0.2) is 0 Å². The Balaban J connectivity index is 0. The van der Waals surface area contributed by atoms with E-state index in [0.717, 1.165) is 0 Å². The molecule has 0 amide bonds. The molecule has 0 aliphatic carbocycles. The summed E-state index contributed by atoms with van der Waals surface area (Å²) in [4.78, 5) is 9.24. The van der Waals surface area contributed by atoms with Gasteiger partial charge in [0.1, 0.15) is 0 Å². The van der Waals surface area contributed by atoms with Crippen LogP contribution in [-0.4, -0.2) is 72.8 Å². The fourth-order valence-corrected chi connectivity index (χ4v) is 0.899. The summed E-state index contributed by atoms with van der Waals surface area (Å²) in [5.74, 6) is -0.426. The number of nitro groups is 1. The molecule has 0 aromatic rings. The van der Waals surface area contributed by atoms with Crippen molar-refractivity contribution < 1.29 is 17.9 Å². The molecule has 0 spiro atoms. The van der Waals surface area contributed by atoms with E-state index >= 15 is 0 Å². The van der Waals surface area contributed by atoms with Crippen LogP contribution in [0.4, 0.5) is 0 Å². The predicted octanol–water partition coefficient (Wildman–Crippen LogP) is -1.64. The zero-order valence-electron chi connectivity index (χ0n) is 7.26. The van der Waals surface area contributed by atoms with E-state index in [1.165, 1.54) is 0 Å². The van der Waals surface area contributed by atoms with Crippen LogP contribution in [0.25, 0.3) is 0 Å². The molecular formula is C4H10N2NaO5S. The van der Waals surface area contributed by atoms with Crippen molar-refractivity contribution >= 4 is 39.7 Å². The van der Waals surface area contributed by atoms with Crippen molar-refractivity contribution in [3.8, 4) is 0 Å². The summed E-state index contributed by atoms with van der Waals surface area (Å²) >= 11 is 0. The maximum Gasteiger partial charge on any atom is 0.266 e. The molecule has 73 valence electrons. The quantitative estimate of drug-likeness (QED) is 0.183. The third-order valence-electron chi connectivity index (χ3n) is 1.01. The SMILES string of the molecule is O=[N+]([O-])CCNCCS(=O)(=O)O.[Na]. The molecular weight excluding hydrogens is 211 g/mol. The first-order chi connectivity index (χ1) is 5.42. The predicted molar refractivity (Wildman–Crippen MR) is 46.9 cm³/mol. The largest absolute Gasteiger partial charge is 0.310 e. The smallest absolute Gasteiger partial charge is 0.266 e. The summed E-state index contributed by atoms with van der Waals surface area (Å²) in [6.07, 6.45) is 0. The first-order valence-electron chi connectivity index (χ1n) is 3.19. The maximum atomic E-state index is 10.1. The van der Waals surface area contributed by atoms with Crippen LogP contribution in [0.5, 0.6) is 0 Å². The molecule has 0 aliphatic rings. The zero-order valence-corrected chi connectivity index (χ0v) is 10.1. The fourth-order valence-electron chi connectivity index (χ4n) is 0.496. The minimum absolute atomic E-state index is 0. The van der Waals surface area contributed by atoms with E-state index in [0.29, 0.717) is 0 Å². The molecule has 7 nitrogen and oxygen atoms in total. The van der Waals surface area contributed by atoms with Gasteiger partial charge in [-0.1, -0.05) is 0 Å².